The Balaban J connectivity index is 2.94. The van der Waals surface area contributed by atoms with Crippen LogP contribution in [0.4, 0.5) is 5.69 Å². The fourth-order valence-corrected chi connectivity index (χ4v) is 1.60. The zero-order chi connectivity index (χ0) is 11.7. The van der Waals surface area contributed by atoms with E-state index in [0.29, 0.717) is 12.0 Å². The van der Waals surface area contributed by atoms with Crippen LogP contribution in [0.2, 0.25) is 0 Å². The Bertz CT molecular complexity index is 615. The molecule has 0 atom stereocenters. The SMILES string of the molecule is CCc1oc2ccccc2c(=O)c1[N+](=O)[O-]. The van der Waals surface area contributed by atoms with E-state index >= 15 is 0 Å². The third-order valence-corrected chi connectivity index (χ3v) is 2.35. The van der Waals surface area contributed by atoms with E-state index in [2.05, 4.69) is 0 Å². The van der Waals surface area contributed by atoms with Crippen LogP contribution in [0, 0.1) is 10.1 Å². The van der Waals surface area contributed by atoms with Gasteiger partial charge in [0, 0.05) is 6.42 Å². The molecule has 0 aliphatic rings. The lowest BCUT2D eigenvalue weighted by atomic mass is 10.2. The van der Waals surface area contributed by atoms with Crippen LogP contribution in [0.5, 0.6) is 0 Å². The highest BCUT2D eigenvalue weighted by molar-refractivity contribution is 5.78. The number of nitrogens with zero attached hydrogens (tertiary/aromatic N) is 1. The molecule has 0 saturated carbocycles. The Morgan fingerprint density at radius 1 is 1.38 bits per heavy atom. The molecule has 1 aromatic carbocycles. The van der Waals surface area contributed by atoms with Gasteiger partial charge in [0.05, 0.1) is 10.3 Å². The van der Waals surface area contributed by atoms with Gasteiger partial charge in [-0.25, -0.2) is 0 Å². The van der Waals surface area contributed by atoms with E-state index in [9.17, 15) is 14.9 Å². The number of aryl methyl sites for hydroxylation is 1. The number of benzene rings is 1. The third kappa shape index (κ3) is 1.46. The smallest absolute Gasteiger partial charge is 0.354 e. The van der Waals surface area contributed by atoms with Crippen molar-refractivity contribution in [2.24, 2.45) is 0 Å². The number of rotatable bonds is 2. The summed E-state index contributed by atoms with van der Waals surface area (Å²) >= 11 is 0. The van der Waals surface area contributed by atoms with Gasteiger partial charge in [-0.2, -0.15) is 0 Å². The zero-order valence-electron chi connectivity index (χ0n) is 8.60. The summed E-state index contributed by atoms with van der Waals surface area (Å²) in [4.78, 5) is 22.0. The highest BCUT2D eigenvalue weighted by Crippen LogP contribution is 2.20. The first-order valence-corrected chi connectivity index (χ1v) is 4.84. The van der Waals surface area contributed by atoms with Crippen LogP contribution in [-0.2, 0) is 6.42 Å². The molecule has 0 spiro atoms. The molecule has 2 aromatic rings. The summed E-state index contributed by atoms with van der Waals surface area (Å²) in [6.45, 7) is 1.71. The van der Waals surface area contributed by atoms with Gasteiger partial charge in [-0.05, 0) is 12.1 Å². The third-order valence-electron chi connectivity index (χ3n) is 2.35. The second-order valence-corrected chi connectivity index (χ2v) is 3.31. The number of hydrogen-bond acceptors (Lipinski definition) is 4. The van der Waals surface area contributed by atoms with Crippen molar-refractivity contribution in [1.29, 1.82) is 0 Å². The van der Waals surface area contributed by atoms with E-state index in [1.54, 1.807) is 25.1 Å². The summed E-state index contributed by atoms with van der Waals surface area (Å²) in [5, 5.41) is 11.0. The predicted molar refractivity (Wildman–Crippen MR) is 58.5 cm³/mol. The topological polar surface area (TPSA) is 73.3 Å². The molecule has 1 heterocycles. The van der Waals surface area contributed by atoms with Crippen molar-refractivity contribution < 1.29 is 9.34 Å². The van der Waals surface area contributed by atoms with E-state index in [-0.39, 0.29) is 11.1 Å². The van der Waals surface area contributed by atoms with Crippen LogP contribution in [0.25, 0.3) is 11.0 Å². The van der Waals surface area contributed by atoms with Crippen LogP contribution in [0.3, 0.4) is 0 Å². The quantitative estimate of drug-likeness (QED) is 0.573. The van der Waals surface area contributed by atoms with Gasteiger partial charge < -0.3 is 4.42 Å². The molecule has 0 radical (unpaired) electrons. The molecule has 0 aliphatic carbocycles. The Morgan fingerprint density at radius 2 is 2.06 bits per heavy atom. The lowest BCUT2D eigenvalue weighted by Gasteiger charge is -2.01. The lowest BCUT2D eigenvalue weighted by molar-refractivity contribution is -0.387. The molecule has 0 unspecified atom stereocenters. The predicted octanol–water partition coefficient (Wildman–Crippen LogP) is 2.26. The Hall–Kier alpha value is -2.17. The van der Waals surface area contributed by atoms with Gasteiger partial charge in [0.25, 0.3) is 5.43 Å². The Morgan fingerprint density at radius 3 is 2.69 bits per heavy atom. The van der Waals surface area contributed by atoms with Crippen LogP contribution < -0.4 is 5.43 Å². The van der Waals surface area contributed by atoms with Gasteiger partial charge in [-0.1, -0.05) is 19.1 Å². The number of para-hydroxylation sites is 1. The van der Waals surface area contributed by atoms with E-state index in [4.69, 9.17) is 4.42 Å². The van der Waals surface area contributed by atoms with Gasteiger partial charge in [0.2, 0.25) is 0 Å². The highest BCUT2D eigenvalue weighted by Gasteiger charge is 2.22. The second-order valence-electron chi connectivity index (χ2n) is 3.31. The molecule has 5 heteroatoms. The lowest BCUT2D eigenvalue weighted by Crippen LogP contribution is -2.11. The van der Waals surface area contributed by atoms with Gasteiger partial charge >= 0.3 is 5.69 Å². The fraction of sp³-hybridized carbons (Fsp3) is 0.182. The van der Waals surface area contributed by atoms with E-state index in [1.165, 1.54) is 6.07 Å². The first-order valence-electron chi connectivity index (χ1n) is 4.84. The molecule has 0 amide bonds. The molecule has 0 fully saturated rings. The van der Waals surface area contributed by atoms with Crippen molar-refractivity contribution in [1.82, 2.24) is 0 Å². The summed E-state index contributed by atoms with van der Waals surface area (Å²) in [7, 11) is 0. The summed E-state index contributed by atoms with van der Waals surface area (Å²) in [5.41, 5.74) is -0.653. The maximum atomic E-state index is 11.8. The number of hydrogen-bond donors (Lipinski definition) is 0. The summed E-state index contributed by atoms with van der Waals surface area (Å²) in [6, 6.07) is 6.51. The molecule has 1 aromatic heterocycles. The first kappa shape index (κ1) is 10.4. The van der Waals surface area contributed by atoms with Gasteiger partial charge in [-0.3, -0.25) is 14.9 Å². The minimum atomic E-state index is -0.683. The molecule has 5 nitrogen and oxygen atoms in total. The number of fused-ring (bicyclic) bond motifs is 1. The number of nitro groups is 1. The van der Waals surface area contributed by atoms with E-state index < -0.39 is 16.0 Å². The van der Waals surface area contributed by atoms with Gasteiger partial charge in [-0.15, -0.1) is 0 Å². The van der Waals surface area contributed by atoms with Gasteiger partial charge in [0.1, 0.15) is 5.58 Å². The molecule has 0 N–H and O–H groups in total. The normalized spacial score (nSPS) is 10.6. The van der Waals surface area contributed by atoms with E-state index in [1.807, 2.05) is 0 Å². The first-order chi connectivity index (χ1) is 7.65. The Kier molecular flexibility index (Phi) is 2.44. The molecular weight excluding hydrogens is 210 g/mol. The molecule has 2 rings (SSSR count). The van der Waals surface area contributed by atoms with Crippen LogP contribution in [0.15, 0.2) is 33.5 Å². The van der Waals surface area contributed by atoms with Crippen molar-refractivity contribution >= 4 is 16.7 Å². The standard InChI is InChI=1S/C11H9NO4/c1-2-8-10(12(14)15)11(13)7-5-3-4-6-9(7)16-8/h3-6H,2H2,1H3. The average Bonchev–Trinajstić information content (AvgIpc) is 2.28. The fourth-order valence-electron chi connectivity index (χ4n) is 1.60. The van der Waals surface area contributed by atoms with Crippen molar-refractivity contribution in [3.63, 3.8) is 0 Å². The molecule has 82 valence electrons. The molecule has 0 bridgehead atoms. The van der Waals surface area contributed by atoms with Gasteiger partial charge in [0.15, 0.2) is 5.76 Å². The zero-order valence-corrected chi connectivity index (χ0v) is 8.60. The van der Waals surface area contributed by atoms with Crippen molar-refractivity contribution in [2.45, 2.75) is 13.3 Å². The summed E-state index contributed by atoms with van der Waals surface area (Å²) in [5.74, 6) is 0.119. The summed E-state index contributed by atoms with van der Waals surface area (Å²) < 4.78 is 5.34. The van der Waals surface area contributed by atoms with Crippen molar-refractivity contribution in [3.05, 3.63) is 50.4 Å². The average molecular weight is 219 g/mol. The Labute approximate surface area is 90.5 Å². The molecule has 0 saturated heterocycles. The summed E-state index contributed by atoms with van der Waals surface area (Å²) in [6.07, 6.45) is 0.316. The van der Waals surface area contributed by atoms with Crippen molar-refractivity contribution in [2.75, 3.05) is 0 Å². The minimum Gasteiger partial charge on any atom is -0.454 e. The molecule has 0 aliphatic heterocycles. The van der Waals surface area contributed by atoms with Crippen LogP contribution >= 0.6 is 0 Å². The largest absolute Gasteiger partial charge is 0.454 e. The second kappa shape index (κ2) is 3.77. The maximum absolute atomic E-state index is 11.8. The molecular formula is C11H9NO4. The van der Waals surface area contributed by atoms with Crippen LogP contribution in [0.1, 0.15) is 12.7 Å². The minimum absolute atomic E-state index is 0.119. The van der Waals surface area contributed by atoms with Crippen LogP contribution in [-0.4, -0.2) is 4.92 Å². The highest BCUT2D eigenvalue weighted by atomic mass is 16.6. The maximum Gasteiger partial charge on any atom is 0.354 e. The molecule has 16 heavy (non-hydrogen) atoms. The van der Waals surface area contributed by atoms with E-state index in [0.717, 1.165) is 0 Å². The van der Waals surface area contributed by atoms with Crippen molar-refractivity contribution in [3.8, 4) is 0 Å². The monoisotopic (exact) mass is 219 g/mol.